The summed E-state index contributed by atoms with van der Waals surface area (Å²) in [6.45, 7) is 2.56. The van der Waals surface area contributed by atoms with Gasteiger partial charge in [0.1, 0.15) is 24.0 Å². The lowest BCUT2D eigenvalue weighted by atomic mass is 10.2. The van der Waals surface area contributed by atoms with Gasteiger partial charge in [-0.25, -0.2) is 9.67 Å². The van der Waals surface area contributed by atoms with Gasteiger partial charge in [0.15, 0.2) is 11.9 Å². The molecule has 1 aliphatic heterocycles. The molecule has 0 aliphatic carbocycles. The Kier molecular flexibility index (Phi) is 5.07. The summed E-state index contributed by atoms with van der Waals surface area (Å²) in [6, 6.07) is 0. The van der Waals surface area contributed by atoms with Crippen LogP contribution >= 0.6 is 23.2 Å². The normalized spacial score (nSPS) is 23.0. The quantitative estimate of drug-likeness (QED) is 0.444. The summed E-state index contributed by atoms with van der Waals surface area (Å²) in [6.07, 6.45) is 0.235. The van der Waals surface area contributed by atoms with Crippen molar-refractivity contribution in [3.63, 3.8) is 0 Å². The van der Waals surface area contributed by atoms with Crippen molar-refractivity contribution in [3.05, 3.63) is 16.6 Å². The van der Waals surface area contributed by atoms with Gasteiger partial charge in [-0.3, -0.25) is 9.59 Å². The highest BCUT2D eigenvalue weighted by molar-refractivity contribution is 6.35. The van der Waals surface area contributed by atoms with Gasteiger partial charge in [-0.05, 0) is 11.6 Å². The van der Waals surface area contributed by atoms with Crippen molar-refractivity contribution in [3.8, 4) is 0 Å². The number of rotatable bonds is 4. The summed E-state index contributed by atoms with van der Waals surface area (Å²) in [5.74, 6) is -0.899. The molecule has 0 saturated carbocycles. The van der Waals surface area contributed by atoms with Gasteiger partial charge in [-0.1, -0.05) is 11.6 Å². The lowest BCUT2D eigenvalue weighted by Gasteiger charge is -2.17. The highest BCUT2D eigenvalue weighted by atomic mass is 35.5. The van der Waals surface area contributed by atoms with Gasteiger partial charge in [0.05, 0.1) is 5.39 Å². The standard InChI is InChI=1S/C14H14Cl2N4O5/c1-6(21)23-5-10-9(24-7(2)22)3-11(25-10)20-4-8-12(15)17-14(16)18-13(8)19-20/h4,9-11H,3,5H2,1-2H3/t9-,10+,11+/m0/s1. The topological polar surface area (TPSA) is 105 Å². The second-order valence-electron chi connectivity index (χ2n) is 5.45. The van der Waals surface area contributed by atoms with E-state index in [1.54, 1.807) is 6.20 Å². The van der Waals surface area contributed by atoms with Gasteiger partial charge in [0.2, 0.25) is 5.28 Å². The summed E-state index contributed by atoms with van der Waals surface area (Å²) < 4.78 is 17.6. The summed E-state index contributed by atoms with van der Waals surface area (Å²) in [4.78, 5) is 30.2. The lowest BCUT2D eigenvalue weighted by Crippen LogP contribution is -2.31. The molecule has 11 heteroatoms. The first kappa shape index (κ1) is 17.8. The van der Waals surface area contributed by atoms with Gasteiger partial charge < -0.3 is 14.2 Å². The van der Waals surface area contributed by atoms with E-state index >= 15 is 0 Å². The highest BCUT2D eigenvalue weighted by Gasteiger charge is 2.39. The fraction of sp³-hybridized carbons (Fsp3) is 0.500. The minimum atomic E-state index is -0.602. The zero-order chi connectivity index (χ0) is 18.1. The maximum absolute atomic E-state index is 11.3. The van der Waals surface area contributed by atoms with E-state index in [1.165, 1.54) is 18.5 Å². The van der Waals surface area contributed by atoms with E-state index in [1.807, 2.05) is 0 Å². The SMILES string of the molecule is CC(=O)OC[C@H]1O[C@@H](n2cc3c(Cl)nc(Cl)nc3n2)C[C@@H]1OC(C)=O. The number of esters is 2. The Morgan fingerprint density at radius 1 is 1.32 bits per heavy atom. The molecule has 0 N–H and O–H groups in total. The van der Waals surface area contributed by atoms with E-state index in [9.17, 15) is 9.59 Å². The number of nitrogens with zero attached hydrogens (tertiary/aromatic N) is 4. The van der Waals surface area contributed by atoms with Crippen LogP contribution in [0.5, 0.6) is 0 Å². The molecule has 1 fully saturated rings. The monoisotopic (exact) mass is 388 g/mol. The van der Waals surface area contributed by atoms with Crippen LogP contribution in [-0.4, -0.2) is 50.5 Å². The molecule has 1 saturated heterocycles. The Bertz CT molecular complexity index is 827. The smallest absolute Gasteiger partial charge is 0.303 e. The van der Waals surface area contributed by atoms with Gasteiger partial charge in [-0.15, -0.1) is 5.10 Å². The Balaban J connectivity index is 1.83. The summed E-state index contributed by atoms with van der Waals surface area (Å²) in [5.41, 5.74) is 0.320. The van der Waals surface area contributed by atoms with Crippen LogP contribution in [0.1, 0.15) is 26.5 Å². The molecule has 0 radical (unpaired) electrons. The average molecular weight is 389 g/mol. The summed E-state index contributed by atoms with van der Waals surface area (Å²) >= 11 is 11.8. The van der Waals surface area contributed by atoms with Crippen LogP contribution in [0.3, 0.4) is 0 Å². The van der Waals surface area contributed by atoms with E-state index in [0.717, 1.165) is 0 Å². The van der Waals surface area contributed by atoms with Gasteiger partial charge >= 0.3 is 11.9 Å². The second-order valence-corrected chi connectivity index (χ2v) is 6.14. The zero-order valence-electron chi connectivity index (χ0n) is 13.3. The fourth-order valence-electron chi connectivity index (χ4n) is 2.56. The molecule has 0 spiro atoms. The van der Waals surface area contributed by atoms with Crippen molar-refractivity contribution in [1.29, 1.82) is 0 Å². The molecular formula is C14H14Cl2N4O5. The molecular weight excluding hydrogens is 375 g/mol. The van der Waals surface area contributed by atoms with Crippen LogP contribution in [0.25, 0.3) is 11.0 Å². The fourth-order valence-corrected chi connectivity index (χ4v) is 2.98. The summed E-state index contributed by atoms with van der Waals surface area (Å²) in [5, 5.41) is 4.96. The third-order valence-corrected chi connectivity index (χ3v) is 4.02. The Labute approximate surface area is 152 Å². The van der Waals surface area contributed by atoms with Crippen LogP contribution in [0.2, 0.25) is 10.4 Å². The number of carbonyl (C=O) groups is 2. The third kappa shape index (κ3) is 4.00. The third-order valence-electron chi connectivity index (χ3n) is 3.57. The van der Waals surface area contributed by atoms with E-state index in [2.05, 4.69) is 15.1 Å². The van der Waals surface area contributed by atoms with Crippen LogP contribution in [0, 0.1) is 0 Å². The van der Waals surface area contributed by atoms with Crippen molar-refractivity contribution < 1.29 is 23.8 Å². The molecule has 2 aromatic rings. The number of fused-ring (bicyclic) bond motifs is 1. The van der Waals surface area contributed by atoms with Crippen LogP contribution < -0.4 is 0 Å². The van der Waals surface area contributed by atoms with Crippen molar-refractivity contribution in [2.45, 2.75) is 38.7 Å². The Hall–Kier alpha value is -1.97. The molecule has 9 nitrogen and oxygen atoms in total. The number of aromatic nitrogens is 4. The minimum absolute atomic E-state index is 0.0133. The van der Waals surface area contributed by atoms with Gasteiger partial charge in [0.25, 0.3) is 0 Å². The van der Waals surface area contributed by atoms with E-state index in [-0.39, 0.29) is 17.0 Å². The van der Waals surface area contributed by atoms with Crippen LogP contribution in [0.4, 0.5) is 0 Å². The molecule has 0 unspecified atom stereocenters. The number of hydrogen-bond donors (Lipinski definition) is 0. The van der Waals surface area contributed by atoms with Gasteiger partial charge in [-0.2, -0.15) is 4.98 Å². The molecule has 2 aromatic heterocycles. The average Bonchev–Trinajstić information content (AvgIpc) is 3.08. The molecule has 25 heavy (non-hydrogen) atoms. The molecule has 3 atom stereocenters. The maximum Gasteiger partial charge on any atom is 0.303 e. The van der Waals surface area contributed by atoms with Crippen molar-refractivity contribution in [1.82, 2.24) is 19.7 Å². The Morgan fingerprint density at radius 3 is 2.76 bits per heavy atom. The van der Waals surface area contributed by atoms with Crippen molar-refractivity contribution >= 4 is 46.2 Å². The first-order chi connectivity index (χ1) is 11.8. The Morgan fingerprint density at radius 2 is 2.08 bits per heavy atom. The molecule has 3 rings (SSSR count). The number of hydrogen-bond acceptors (Lipinski definition) is 8. The molecule has 0 amide bonds. The van der Waals surface area contributed by atoms with Crippen molar-refractivity contribution in [2.24, 2.45) is 0 Å². The van der Waals surface area contributed by atoms with Crippen LogP contribution in [0.15, 0.2) is 6.20 Å². The summed E-state index contributed by atoms with van der Waals surface area (Å²) in [7, 11) is 0. The van der Waals surface area contributed by atoms with Gasteiger partial charge in [0, 0.05) is 26.5 Å². The number of halogens is 2. The maximum atomic E-state index is 11.3. The van der Waals surface area contributed by atoms with Crippen LogP contribution in [-0.2, 0) is 23.8 Å². The largest absolute Gasteiger partial charge is 0.463 e. The molecule has 134 valence electrons. The first-order valence-corrected chi connectivity index (χ1v) is 8.13. The van der Waals surface area contributed by atoms with E-state index in [0.29, 0.717) is 17.5 Å². The zero-order valence-corrected chi connectivity index (χ0v) is 14.8. The number of ether oxygens (including phenoxy) is 3. The van der Waals surface area contributed by atoms with E-state index in [4.69, 9.17) is 37.4 Å². The van der Waals surface area contributed by atoms with Crippen molar-refractivity contribution in [2.75, 3.05) is 6.61 Å². The second kappa shape index (κ2) is 7.11. The number of carbonyl (C=O) groups excluding carboxylic acids is 2. The van der Waals surface area contributed by atoms with E-state index < -0.39 is 30.4 Å². The molecule has 1 aliphatic rings. The molecule has 0 bridgehead atoms. The lowest BCUT2D eigenvalue weighted by molar-refractivity contribution is -0.155. The molecule has 3 heterocycles. The minimum Gasteiger partial charge on any atom is -0.463 e. The highest BCUT2D eigenvalue weighted by Crippen LogP contribution is 2.32. The predicted molar refractivity (Wildman–Crippen MR) is 86.1 cm³/mol. The molecule has 0 aromatic carbocycles. The predicted octanol–water partition coefficient (Wildman–Crippen LogP) is 1.92. The first-order valence-electron chi connectivity index (χ1n) is 7.37.